The average molecular weight is 210 g/mol. The van der Waals surface area contributed by atoms with Crippen LogP contribution in [0.5, 0.6) is 0 Å². The zero-order valence-corrected chi connectivity index (χ0v) is 10.3. The molecule has 3 nitrogen and oxygen atoms in total. The molecule has 0 bridgehead atoms. The molecular formula is C12H22N2O. The second kappa shape index (κ2) is 5.31. The van der Waals surface area contributed by atoms with Crippen molar-refractivity contribution >= 4 is 5.91 Å². The molecule has 86 valence electrons. The van der Waals surface area contributed by atoms with Crippen LogP contribution >= 0.6 is 0 Å². The molecule has 0 aliphatic carbocycles. The number of hydrogen-bond donors (Lipinski definition) is 0. The van der Waals surface area contributed by atoms with Crippen LogP contribution in [0.25, 0.3) is 0 Å². The highest BCUT2D eigenvalue weighted by Crippen LogP contribution is 2.09. The Labute approximate surface area is 92.7 Å². The molecule has 1 saturated heterocycles. The maximum Gasteiger partial charge on any atom is 0.246 e. The van der Waals surface area contributed by atoms with Crippen LogP contribution in [0.2, 0.25) is 0 Å². The third-order valence-electron chi connectivity index (χ3n) is 2.74. The van der Waals surface area contributed by atoms with E-state index in [1.807, 2.05) is 18.7 Å². The Morgan fingerprint density at radius 2 is 2.00 bits per heavy atom. The van der Waals surface area contributed by atoms with E-state index in [2.05, 4.69) is 18.9 Å². The van der Waals surface area contributed by atoms with Crippen LogP contribution in [-0.4, -0.2) is 48.4 Å². The maximum absolute atomic E-state index is 11.9. The quantitative estimate of drug-likeness (QED) is 0.612. The fourth-order valence-corrected chi connectivity index (χ4v) is 2.03. The predicted octanol–water partition coefficient (Wildman–Crippen LogP) is 1.51. The van der Waals surface area contributed by atoms with Gasteiger partial charge < -0.3 is 9.80 Å². The first-order chi connectivity index (χ1) is 7.00. The molecule has 0 N–H and O–H groups in total. The Bertz CT molecular complexity index is 256. The Balaban J connectivity index is 2.67. The molecule has 0 aromatic rings. The lowest BCUT2D eigenvalue weighted by atomic mass is 10.2. The molecule has 0 aromatic heterocycles. The van der Waals surface area contributed by atoms with E-state index in [1.54, 1.807) is 6.08 Å². The largest absolute Gasteiger partial charge is 0.335 e. The van der Waals surface area contributed by atoms with Gasteiger partial charge in [0.05, 0.1) is 0 Å². The lowest BCUT2D eigenvalue weighted by molar-refractivity contribution is -0.127. The third kappa shape index (κ3) is 3.67. The van der Waals surface area contributed by atoms with Crippen molar-refractivity contribution in [3.8, 4) is 0 Å². The Kier molecular flexibility index (Phi) is 4.33. The monoisotopic (exact) mass is 210 g/mol. The van der Waals surface area contributed by atoms with E-state index in [9.17, 15) is 4.79 Å². The van der Waals surface area contributed by atoms with Gasteiger partial charge in [0.1, 0.15) is 0 Å². The van der Waals surface area contributed by atoms with Crippen molar-refractivity contribution in [3.05, 3.63) is 11.6 Å². The van der Waals surface area contributed by atoms with E-state index in [1.165, 1.54) is 0 Å². The number of carbonyl (C=O) groups is 1. The van der Waals surface area contributed by atoms with Gasteiger partial charge >= 0.3 is 0 Å². The van der Waals surface area contributed by atoms with E-state index in [0.717, 1.165) is 31.6 Å². The number of hydrogen-bond acceptors (Lipinski definition) is 2. The summed E-state index contributed by atoms with van der Waals surface area (Å²) >= 11 is 0. The van der Waals surface area contributed by atoms with Crippen LogP contribution in [-0.2, 0) is 4.79 Å². The van der Waals surface area contributed by atoms with Crippen LogP contribution in [0.1, 0.15) is 27.2 Å². The van der Waals surface area contributed by atoms with Crippen LogP contribution in [0.15, 0.2) is 11.6 Å². The van der Waals surface area contributed by atoms with E-state index in [-0.39, 0.29) is 5.91 Å². The second-order valence-electron chi connectivity index (χ2n) is 4.72. The van der Waals surface area contributed by atoms with E-state index >= 15 is 0 Å². The zero-order valence-electron chi connectivity index (χ0n) is 10.3. The standard InChI is InChI=1S/C12H22N2O/c1-10(2)8-12(15)14-7-5-6-13(4)9-11(14)3/h8,11H,5-7,9H2,1-4H3. The van der Waals surface area contributed by atoms with Gasteiger partial charge in [0.25, 0.3) is 0 Å². The van der Waals surface area contributed by atoms with E-state index in [4.69, 9.17) is 0 Å². The van der Waals surface area contributed by atoms with E-state index < -0.39 is 0 Å². The maximum atomic E-state index is 11.9. The number of likely N-dealkylation sites (N-methyl/N-ethyl adjacent to an activating group) is 1. The van der Waals surface area contributed by atoms with Crippen LogP contribution < -0.4 is 0 Å². The minimum atomic E-state index is 0.165. The lowest BCUT2D eigenvalue weighted by Gasteiger charge is -2.27. The summed E-state index contributed by atoms with van der Waals surface area (Å²) in [6.07, 6.45) is 2.81. The lowest BCUT2D eigenvalue weighted by Crippen LogP contribution is -2.41. The molecule has 1 heterocycles. The summed E-state index contributed by atoms with van der Waals surface area (Å²) in [5.41, 5.74) is 1.07. The summed E-state index contributed by atoms with van der Waals surface area (Å²) in [7, 11) is 2.12. The molecule has 1 aliphatic heterocycles. The summed E-state index contributed by atoms with van der Waals surface area (Å²) in [6, 6.07) is 0.320. The molecule has 0 aromatic carbocycles. The molecule has 1 amide bonds. The normalized spacial score (nSPS) is 23.5. The minimum Gasteiger partial charge on any atom is -0.335 e. The van der Waals surface area contributed by atoms with Crippen molar-refractivity contribution in [2.45, 2.75) is 33.2 Å². The Morgan fingerprint density at radius 1 is 1.33 bits per heavy atom. The molecule has 0 spiro atoms. The summed E-state index contributed by atoms with van der Waals surface area (Å²) < 4.78 is 0. The van der Waals surface area contributed by atoms with Gasteiger partial charge in [-0.1, -0.05) is 5.57 Å². The molecule has 1 unspecified atom stereocenters. The SMILES string of the molecule is CC(C)=CC(=O)N1CCCN(C)CC1C. The minimum absolute atomic E-state index is 0.165. The van der Waals surface area contributed by atoms with Crippen molar-refractivity contribution in [2.75, 3.05) is 26.7 Å². The van der Waals surface area contributed by atoms with Gasteiger partial charge in [0, 0.05) is 25.2 Å². The molecule has 1 aliphatic rings. The number of amides is 1. The smallest absolute Gasteiger partial charge is 0.246 e. The highest BCUT2D eigenvalue weighted by atomic mass is 16.2. The van der Waals surface area contributed by atoms with Gasteiger partial charge in [-0.2, -0.15) is 0 Å². The van der Waals surface area contributed by atoms with E-state index in [0.29, 0.717) is 6.04 Å². The summed E-state index contributed by atoms with van der Waals surface area (Å²) in [5, 5.41) is 0. The van der Waals surface area contributed by atoms with Gasteiger partial charge in [-0.15, -0.1) is 0 Å². The fourth-order valence-electron chi connectivity index (χ4n) is 2.03. The molecule has 0 radical (unpaired) electrons. The van der Waals surface area contributed by atoms with Crippen molar-refractivity contribution in [3.63, 3.8) is 0 Å². The second-order valence-corrected chi connectivity index (χ2v) is 4.72. The van der Waals surface area contributed by atoms with Crippen molar-refractivity contribution in [2.24, 2.45) is 0 Å². The van der Waals surface area contributed by atoms with Crippen molar-refractivity contribution in [1.29, 1.82) is 0 Å². The first-order valence-corrected chi connectivity index (χ1v) is 5.64. The zero-order chi connectivity index (χ0) is 11.4. The van der Waals surface area contributed by atoms with Gasteiger partial charge in [-0.05, 0) is 40.8 Å². The average Bonchev–Trinajstić information content (AvgIpc) is 2.25. The molecule has 3 heteroatoms. The fraction of sp³-hybridized carbons (Fsp3) is 0.750. The van der Waals surface area contributed by atoms with Gasteiger partial charge in [-0.3, -0.25) is 4.79 Å². The Morgan fingerprint density at radius 3 is 2.60 bits per heavy atom. The molecule has 1 fully saturated rings. The summed E-state index contributed by atoms with van der Waals surface area (Å²) in [4.78, 5) is 16.2. The number of allylic oxidation sites excluding steroid dienone is 1. The van der Waals surface area contributed by atoms with Crippen molar-refractivity contribution in [1.82, 2.24) is 9.80 Å². The van der Waals surface area contributed by atoms with Gasteiger partial charge in [-0.25, -0.2) is 0 Å². The van der Waals surface area contributed by atoms with Gasteiger partial charge in [0.15, 0.2) is 0 Å². The number of nitrogens with zero attached hydrogens (tertiary/aromatic N) is 2. The van der Waals surface area contributed by atoms with Gasteiger partial charge in [0.2, 0.25) is 5.91 Å². The van der Waals surface area contributed by atoms with Crippen LogP contribution in [0.4, 0.5) is 0 Å². The Hall–Kier alpha value is -0.830. The van der Waals surface area contributed by atoms with Crippen LogP contribution in [0, 0.1) is 0 Å². The number of carbonyl (C=O) groups excluding carboxylic acids is 1. The van der Waals surface area contributed by atoms with Crippen LogP contribution in [0.3, 0.4) is 0 Å². The predicted molar refractivity (Wildman–Crippen MR) is 62.7 cm³/mol. The summed E-state index contributed by atoms with van der Waals surface area (Å²) in [6.45, 7) is 9.00. The molecule has 0 saturated carbocycles. The highest BCUT2D eigenvalue weighted by Gasteiger charge is 2.22. The number of rotatable bonds is 1. The molecule has 1 atom stereocenters. The topological polar surface area (TPSA) is 23.6 Å². The molecule has 1 rings (SSSR count). The molecular weight excluding hydrogens is 188 g/mol. The highest BCUT2D eigenvalue weighted by molar-refractivity contribution is 5.88. The first-order valence-electron chi connectivity index (χ1n) is 5.64. The molecule has 15 heavy (non-hydrogen) atoms. The first kappa shape index (κ1) is 12.2. The third-order valence-corrected chi connectivity index (χ3v) is 2.74. The summed E-state index contributed by atoms with van der Waals surface area (Å²) in [5.74, 6) is 0.165. The van der Waals surface area contributed by atoms with Crippen molar-refractivity contribution < 1.29 is 4.79 Å².